The van der Waals surface area contributed by atoms with Crippen molar-refractivity contribution in [3.8, 4) is 11.4 Å². The second-order valence-electron chi connectivity index (χ2n) is 4.51. The molecule has 2 aromatic rings. The van der Waals surface area contributed by atoms with Crippen LogP contribution in [0.25, 0.3) is 11.4 Å². The van der Waals surface area contributed by atoms with E-state index in [-0.39, 0.29) is 18.8 Å². The molecule has 0 aliphatic carbocycles. The summed E-state index contributed by atoms with van der Waals surface area (Å²) in [6.07, 6.45) is -4.98. The number of aromatic nitrogens is 2. The number of anilines is 2. The van der Waals surface area contributed by atoms with Crippen molar-refractivity contribution in [3.63, 3.8) is 0 Å². The smallest absolute Gasteiger partial charge is 0.384 e. The normalized spacial score (nSPS) is 11.4. The predicted molar refractivity (Wildman–Crippen MR) is 75.7 cm³/mol. The number of hydrogen-bond donors (Lipinski definition) is 2. The lowest BCUT2D eigenvalue weighted by Crippen LogP contribution is -2.12. The van der Waals surface area contributed by atoms with Crippen LogP contribution in [-0.2, 0) is 0 Å². The van der Waals surface area contributed by atoms with E-state index >= 15 is 0 Å². The Bertz CT molecular complexity index is 585. The highest BCUT2D eigenvalue weighted by molar-refractivity contribution is 5.60. The number of nitrogens with one attached hydrogen (secondary N) is 1. The van der Waals surface area contributed by atoms with Crippen LogP contribution < -0.4 is 11.1 Å². The number of benzene rings is 1. The predicted octanol–water partition coefficient (Wildman–Crippen LogP) is 3.48. The first-order chi connectivity index (χ1) is 9.94. The number of hydrogen-bond acceptors (Lipinski definition) is 4. The maximum atomic E-state index is 12.1. The Kier molecular flexibility index (Phi) is 4.62. The van der Waals surface area contributed by atoms with Crippen LogP contribution in [0.15, 0.2) is 36.4 Å². The minimum absolute atomic E-state index is 0.0198. The van der Waals surface area contributed by atoms with Gasteiger partial charge in [-0.05, 0) is 6.42 Å². The van der Waals surface area contributed by atoms with Gasteiger partial charge in [0, 0.05) is 24.6 Å². The van der Waals surface area contributed by atoms with E-state index in [0.29, 0.717) is 11.6 Å². The molecule has 0 saturated heterocycles. The molecular formula is C14H15F3N4. The Morgan fingerprint density at radius 2 is 1.81 bits per heavy atom. The maximum absolute atomic E-state index is 12.1. The zero-order valence-corrected chi connectivity index (χ0v) is 11.2. The van der Waals surface area contributed by atoms with Gasteiger partial charge in [-0.3, -0.25) is 0 Å². The fourth-order valence-corrected chi connectivity index (χ4v) is 1.78. The van der Waals surface area contributed by atoms with E-state index in [2.05, 4.69) is 15.3 Å². The second-order valence-corrected chi connectivity index (χ2v) is 4.51. The molecule has 0 fully saturated rings. The third kappa shape index (κ3) is 4.94. The fraction of sp³-hybridized carbons (Fsp3) is 0.286. The highest BCUT2D eigenvalue weighted by Crippen LogP contribution is 2.22. The summed E-state index contributed by atoms with van der Waals surface area (Å²) in [7, 11) is 0. The topological polar surface area (TPSA) is 63.8 Å². The summed E-state index contributed by atoms with van der Waals surface area (Å²) < 4.78 is 36.2. The molecule has 21 heavy (non-hydrogen) atoms. The lowest BCUT2D eigenvalue weighted by Gasteiger charge is -2.09. The molecule has 0 spiro atoms. The Morgan fingerprint density at radius 3 is 2.48 bits per heavy atom. The quantitative estimate of drug-likeness (QED) is 0.829. The summed E-state index contributed by atoms with van der Waals surface area (Å²) in [4.78, 5) is 8.37. The van der Waals surface area contributed by atoms with Crippen molar-refractivity contribution in [2.45, 2.75) is 19.0 Å². The lowest BCUT2D eigenvalue weighted by atomic mass is 10.2. The first kappa shape index (κ1) is 15.1. The Hall–Kier alpha value is -2.31. The third-order valence-corrected chi connectivity index (χ3v) is 2.72. The molecule has 7 heteroatoms. The zero-order chi connectivity index (χ0) is 15.3. The molecule has 1 aromatic carbocycles. The monoisotopic (exact) mass is 296 g/mol. The molecule has 0 saturated carbocycles. The molecule has 4 nitrogen and oxygen atoms in total. The highest BCUT2D eigenvalue weighted by Gasteiger charge is 2.25. The van der Waals surface area contributed by atoms with Crippen LogP contribution in [0, 0.1) is 0 Å². The van der Waals surface area contributed by atoms with E-state index < -0.39 is 12.6 Å². The highest BCUT2D eigenvalue weighted by atomic mass is 19.4. The molecule has 0 aliphatic rings. The molecule has 0 atom stereocenters. The zero-order valence-electron chi connectivity index (χ0n) is 11.2. The van der Waals surface area contributed by atoms with Gasteiger partial charge in [0.25, 0.3) is 0 Å². The largest absolute Gasteiger partial charge is 0.389 e. The van der Waals surface area contributed by atoms with Crippen molar-refractivity contribution in [2.24, 2.45) is 0 Å². The summed E-state index contributed by atoms with van der Waals surface area (Å²) in [5.41, 5.74) is 6.49. The number of alkyl halides is 3. The van der Waals surface area contributed by atoms with Gasteiger partial charge in [-0.25, -0.2) is 9.97 Å². The van der Waals surface area contributed by atoms with E-state index in [1.165, 1.54) is 6.07 Å². The number of nitrogens with two attached hydrogens (primary N) is 1. The van der Waals surface area contributed by atoms with E-state index in [1.54, 1.807) is 0 Å². The number of nitrogen functional groups attached to an aromatic ring is 1. The van der Waals surface area contributed by atoms with Crippen molar-refractivity contribution in [1.29, 1.82) is 0 Å². The summed E-state index contributed by atoms with van der Waals surface area (Å²) in [6, 6.07) is 10.7. The van der Waals surface area contributed by atoms with Crippen LogP contribution in [-0.4, -0.2) is 22.7 Å². The number of rotatable bonds is 5. The Balaban J connectivity index is 2.03. The van der Waals surface area contributed by atoms with Crippen LogP contribution in [0.2, 0.25) is 0 Å². The molecule has 0 amide bonds. The summed E-state index contributed by atoms with van der Waals surface area (Å²) in [5, 5.41) is 2.84. The van der Waals surface area contributed by atoms with Crippen LogP contribution in [0.1, 0.15) is 12.8 Å². The van der Waals surface area contributed by atoms with E-state index in [4.69, 9.17) is 5.73 Å². The van der Waals surface area contributed by atoms with Gasteiger partial charge in [0.05, 0.1) is 0 Å². The summed E-state index contributed by atoms with van der Waals surface area (Å²) in [6.45, 7) is 0.171. The second kappa shape index (κ2) is 6.43. The van der Waals surface area contributed by atoms with Crippen molar-refractivity contribution >= 4 is 11.6 Å². The summed E-state index contributed by atoms with van der Waals surface area (Å²) >= 11 is 0. The van der Waals surface area contributed by atoms with Crippen molar-refractivity contribution in [3.05, 3.63) is 36.4 Å². The van der Waals surface area contributed by atoms with Gasteiger partial charge >= 0.3 is 6.18 Å². The van der Waals surface area contributed by atoms with Crippen LogP contribution in [0.4, 0.5) is 24.8 Å². The number of halogens is 3. The molecule has 0 bridgehead atoms. The maximum Gasteiger partial charge on any atom is 0.389 e. The van der Waals surface area contributed by atoms with Gasteiger partial charge in [-0.15, -0.1) is 0 Å². The SMILES string of the molecule is Nc1cc(NCCCC(F)(F)F)nc(-c2ccccc2)n1. The Morgan fingerprint density at radius 1 is 1.10 bits per heavy atom. The first-order valence-corrected chi connectivity index (χ1v) is 6.45. The fourth-order valence-electron chi connectivity index (χ4n) is 1.78. The van der Waals surface area contributed by atoms with Gasteiger partial charge in [0.1, 0.15) is 11.6 Å². The average Bonchev–Trinajstić information content (AvgIpc) is 2.43. The van der Waals surface area contributed by atoms with Crippen LogP contribution in [0.3, 0.4) is 0 Å². The van der Waals surface area contributed by atoms with Gasteiger partial charge < -0.3 is 11.1 Å². The van der Waals surface area contributed by atoms with Crippen molar-refractivity contribution < 1.29 is 13.2 Å². The van der Waals surface area contributed by atoms with E-state index in [9.17, 15) is 13.2 Å². The van der Waals surface area contributed by atoms with Crippen molar-refractivity contribution in [2.75, 3.05) is 17.6 Å². The van der Waals surface area contributed by atoms with Gasteiger partial charge in [0.2, 0.25) is 0 Å². The van der Waals surface area contributed by atoms with Gasteiger partial charge in [-0.2, -0.15) is 13.2 Å². The molecule has 0 radical (unpaired) electrons. The molecule has 3 N–H and O–H groups in total. The number of nitrogens with zero attached hydrogens (tertiary/aromatic N) is 2. The van der Waals surface area contributed by atoms with Gasteiger partial charge in [-0.1, -0.05) is 30.3 Å². The summed E-state index contributed by atoms with van der Waals surface area (Å²) in [5.74, 6) is 1.12. The van der Waals surface area contributed by atoms with Gasteiger partial charge in [0.15, 0.2) is 5.82 Å². The minimum atomic E-state index is -4.14. The van der Waals surface area contributed by atoms with Crippen molar-refractivity contribution in [1.82, 2.24) is 9.97 Å². The molecule has 0 unspecified atom stereocenters. The molecule has 2 rings (SSSR count). The average molecular weight is 296 g/mol. The van der Waals surface area contributed by atoms with E-state index in [0.717, 1.165) is 5.56 Å². The molecule has 112 valence electrons. The standard InChI is InChI=1S/C14H15F3N4/c15-14(16,17)7-4-8-19-12-9-11(18)20-13(21-12)10-5-2-1-3-6-10/h1-3,5-6,9H,4,7-8H2,(H3,18,19,20,21). The van der Waals surface area contributed by atoms with Crippen LogP contribution >= 0.6 is 0 Å². The van der Waals surface area contributed by atoms with Crippen LogP contribution in [0.5, 0.6) is 0 Å². The molecule has 0 aliphatic heterocycles. The molecular weight excluding hydrogens is 281 g/mol. The van der Waals surface area contributed by atoms with E-state index in [1.807, 2.05) is 30.3 Å². The Labute approximate surface area is 120 Å². The third-order valence-electron chi connectivity index (χ3n) is 2.72. The molecule has 1 heterocycles. The lowest BCUT2D eigenvalue weighted by molar-refractivity contribution is -0.134. The first-order valence-electron chi connectivity index (χ1n) is 6.45. The molecule has 1 aromatic heterocycles. The minimum Gasteiger partial charge on any atom is -0.384 e.